The summed E-state index contributed by atoms with van der Waals surface area (Å²) in [6, 6.07) is 0.472. The smallest absolute Gasteiger partial charge is 0.134 e. The second kappa shape index (κ2) is 3.89. The molecule has 0 aromatic carbocycles. The maximum absolute atomic E-state index is 11.5. The van der Waals surface area contributed by atoms with Gasteiger partial charge in [0, 0.05) is 25.4 Å². The van der Waals surface area contributed by atoms with Crippen molar-refractivity contribution in [3.05, 3.63) is 0 Å². The average molecular weight is 209 g/mol. The highest BCUT2D eigenvalue weighted by Crippen LogP contribution is 2.38. The summed E-state index contributed by atoms with van der Waals surface area (Å²) in [5.74, 6) is 1.38. The summed E-state index contributed by atoms with van der Waals surface area (Å²) in [5, 5.41) is 0. The van der Waals surface area contributed by atoms with E-state index in [2.05, 4.69) is 25.8 Å². The summed E-state index contributed by atoms with van der Waals surface area (Å²) in [6.45, 7) is 5.82. The van der Waals surface area contributed by atoms with Crippen LogP contribution in [0.4, 0.5) is 0 Å². The van der Waals surface area contributed by atoms with Crippen LogP contribution in [-0.4, -0.2) is 30.3 Å². The number of hydrogen-bond donors (Lipinski definition) is 0. The first-order chi connectivity index (χ1) is 6.99. The molecule has 2 aliphatic rings. The van der Waals surface area contributed by atoms with Gasteiger partial charge in [-0.2, -0.15) is 0 Å². The second-order valence-corrected chi connectivity index (χ2v) is 6.13. The zero-order valence-corrected chi connectivity index (χ0v) is 10.3. The molecule has 0 amide bonds. The number of rotatable bonds is 3. The Morgan fingerprint density at radius 3 is 2.67 bits per heavy atom. The lowest BCUT2D eigenvalue weighted by atomic mass is 9.72. The Kier molecular flexibility index (Phi) is 2.89. The molecule has 0 heterocycles. The normalized spacial score (nSPS) is 30.9. The van der Waals surface area contributed by atoms with Gasteiger partial charge in [-0.3, -0.25) is 4.79 Å². The first kappa shape index (κ1) is 11.1. The molecule has 0 aliphatic heterocycles. The van der Waals surface area contributed by atoms with Gasteiger partial charge in [-0.1, -0.05) is 13.8 Å². The van der Waals surface area contributed by atoms with Crippen molar-refractivity contribution in [1.29, 1.82) is 0 Å². The van der Waals surface area contributed by atoms with Gasteiger partial charge < -0.3 is 4.90 Å². The molecule has 1 atom stereocenters. The summed E-state index contributed by atoms with van der Waals surface area (Å²) in [6.07, 6.45) is 5.42. The number of carbonyl (C=O) groups is 1. The van der Waals surface area contributed by atoms with Crippen LogP contribution >= 0.6 is 0 Å². The van der Waals surface area contributed by atoms with Crippen LogP contribution in [0.15, 0.2) is 0 Å². The molecule has 2 nitrogen and oxygen atoms in total. The predicted octanol–water partition coefficient (Wildman–Crippen LogP) is 2.48. The van der Waals surface area contributed by atoms with Gasteiger partial charge in [-0.25, -0.2) is 0 Å². The van der Waals surface area contributed by atoms with Crippen LogP contribution < -0.4 is 0 Å². The van der Waals surface area contributed by atoms with Gasteiger partial charge in [0.1, 0.15) is 5.78 Å². The molecule has 2 fully saturated rings. The van der Waals surface area contributed by atoms with Gasteiger partial charge in [-0.15, -0.1) is 0 Å². The van der Waals surface area contributed by atoms with Crippen LogP contribution in [0, 0.1) is 11.3 Å². The van der Waals surface area contributed by atoms with Gasteiger partial charge in [0.2, 0.25) is 0 Å². The van der Waals surface area contributed by atoms with E-state index in [0.717, 1.165) is 25.2 Å². The Morgan fingerprint density at radius 2 is 2.07 bits per heavy atom. The van der Waals surface area contributed by atoms with E-state index in [1.807, 2.05) is 0 Å². The van der Waals surface area contributed by atoms with Crippen molar-refractivity contribution in [2.24, 2.45) is 11.3 Å². The quantitative estimate of drug-likeness (QED) is 0.711. The lowest BCUT2D eigenvalue weighted by Crippen LogP contribution is -2.48. The SMILES string of the molecule is CN(CC1CC1)C1CC(=O)CCC1(C)C. The van der Waals surface area contributed by atoms with Crippen LogP contribution in [0.25, 0.3) is 0 Å². The van der Waals surface area contributed by atoms with Gasteiger partial charge in [0.05, 0.1) is 0 Å². The molecular formula is C13H23NO. The molecule has 15 heavy (non-hydrogen) atoms. The van der Waals surface area contributed by atoms with E-state index < -0.39 is 0 Å². The standard InChI is InChI=1S/C13H23NO/c1-13(2)7-6-11(15)8-12(13)14(3)9-10-4-5-10/h10,12H,4-9H2,1-3H3. The van der Waals surface area contributed by atoms with E-state index in [4.69, 9.17) is 0 Å². The first-order valence-corrected chi connectivity index (χ1v) is 6.21. The summed E-state index contributed by atoms with van der Waals surface area (Å²) in [5.41, 5.74) is 0.317. The van der Waals surface area contributed by atoms with Crippen LogP contribution in [0.5, 0.6) is 0 Å². The van der Waals surface area contributed by atoms with Gasteiger partial charge in [0.15, 0.2) is 0 Å². The number of Topliss-reactive ketones (excluding diaryl/α,β-unsaturated/α-hetero) is 1. The fourth-order valence-corrected chi connectivity index (χ4v) is 2.81. The Labute approximate surface area is 93.0 Å². The highest BCUT2D eigenvalue weighted by Gasteiger charge is 2.39. The zero-order valence-electron chi connectivity index (χ0n) is 10.3. The van der Waals surface area contributed by atoms with Crippen molar-refractivity contribution in [2.45, 2.75) is 52.0 Å². The first-order valence-electron chi connectivity index (χ1n) is 6.21. The number of ketones is 1. The van der Waals surface area contributed by atoms with E-state index in [1.54, 1.807) is 0 Å². The van der Waals surface area contributed by atoms with Crippen LogP contribution in [0.2, 0.25) is 0 Å². The van der Waals surface area contributed by atoms with Gasteiger partial charge in [-0.05, 0) is 37.6 Å². The molecule has 2 rings (SSSR count). The third-order valence-corrected chi connectivity index (χ3v) is 4.15. The third kappa shape index (κ3) is 2.60. The highest BCUT2D eigenvalue weighted by molar-refractivity contribution is 5.80. The predicted molar refractivity (Wildman–Crippen MR) is 61.8 cm³/mol. The molecule has 1 unspecified atom stereocenters. The Morgan fingerprint density at radius 1 is 1.40 bits per heavy atom. The minimum Gasteiger partial charge on any atom is -0.302 e. The summed E-state index contributed by atoms with van der Waals surface area (Å²) >= 11 is 0. The van der Waals surface area contributed by atoms with E-state index in [0.29, 0.717) is 17.2 Å². The highest BCUT2D eigenvalue weighted by atomic mass is 16.1. The topological polar surface area (TPSA) is 20.3 Å². The van der Waals surface area contributed by atoms with Crippen molar-refractivity contribution in [1.82, 2.24) is 4.90 Å². The molecule has 2 saturated carbocycles. The molecule has 0 bridgehead atoms. The minimum absolute atomic E-state index is 0.317. The Bertz CT molecular complexity index is 255. The largest absolute Gasteiger partial charge is 0.302 e. The minimum atomic E-state index is 0.317. The lowest BCUT2D eigenvalue weighted by Gasteiger charge is -2.43. The number of hydrogen-bond acceptors (Lipinski definition) is 2. The van der Waals surface area contributed by atoms with Crippen molar-refractivity contribution in [3.8, 4) is 0 Å². The van der Waals surface area contributed by atoms with E-state index in [-0.39, 0.29) is 0 Å². The second-order valence-electron chi connectivity index (χ2n) is 6.13. The van der Waals surface area contributed by atoms with Crippen LogP contribution in [0.3, 0.4) is 0 Å². The molecular weight excluding hydrogens is 186 g/mol. The molecule has 2 heteroatoms. The molecule has 2 aliphatic carbocycles. The monoisotopic (exact) mass is 209 g/mol. The van der Waals surface area contributed by atoms with Crippen LogP contribution in [-0.2, 0) is 4.79 Å². The molecule has 0 aromatic rings. The van der Waals surface area contributed by atoms with E-state index >= 15 is 0 Å². The zero-order chi connectivity index (χ0) is 11.1. The van der Waals surface area contributed by atoms with Gasteiger partial charge in [0.25, 0.3) is 0 Å². The fourth-order valence-electron chi connectivity index (χ4n) is 2.81. The fraction of sp³-hybridized carbons (Fsp3) is 0.923. The molecule has 0 radical (unpaired) electrons. The summed E-state index contributed by atoms with van der Waals surface area (Å²) < 4.78 is 0. The lowest BCUT2D eigenvalue weighted by molar-refractivity contribution is -0.125. The molecule has 0 spiro atoms. The van der Waals surface area contributed by atoms with Crippen molar-refractivity contribution in [3.63, 3.8) is 0 Å². The number of nitrogens with zero attached hydrogens (tertiary/aromatic N) is 1. The number of carbonyl (C=O) groups excluding carboxylic acids is 1. The van der Waals surface area contributed by atoms with E-state index in [1.165, 1.54) is 19.4 Å². The molecule has 0 saturated heterocycles. The molecule has 0 aromatic heterocycles. The summed E-state index contributed by atoms with van der Waals surface area (Å²) in [7, 11) is 2.20. The maximum Gasteiger partial charge on any atom is 0.134 e. The van der Waals surface area contributed by atoms with Gasteiger partial charge >= 0.3 is 0 Å². The van der Waals surface area contributed by atoms with Crippen molar-refractivity contribution < 1.29 is 4.79 Å². The van der Waals surface area contributed by atoms with Crippen LogP contribution in [0.1, 0.15) is 46.0 Å². The van der Waals surface area contributed by atoms with E-state index in [9.17, 15) is 4.79 Å². The summed E-state index contributed by atoms with van der Waals surface area (Å²) in [4.78, 5) is 14.0. The van der Waals surface area contributed by atoms with Crippen molar-refractivity contribution in [2.75, 3.05) is 13.6 Å². The third-order valence-electron chi connectivity index (χ3n) is 4.15. The Balaban J connectivity index is 1.98. The molecule has 86 valence electrons. The van der Waals surface area contributed by atoms with Crippen molar-refractivity contribution >= 4 is 5.78 Å². The average Bonchev–Trinajstić information content (AvgIpc) is 2.93. The Hall–Kier alpha value is -0.370. The molecule has 0 N–H and O–H groups in total. The maximum atomic E-state index is 11.5.